The average molecular weight is 300 g/mol. The number of hydrogen-bond acceptors (Lipinski definition) is 4. The first-order chi connectivity index (χ1) is 9.90. The maximum atomic E-state index is 12.5. The lowest BCUT2D eigenvalue weighted by Crippen LogP contribution is -2.52. The van der Waals surface area contributed by atoms with E-state index in [9.17, 15) is 14.4 Å². The van der Waals surface area contributed by atoms with Crippen LogP contribution in [0.25, 0.3) is 0 Å². The summed E-state index contributed by atoms with van der Waals surface area (Å²) in [5.74, 6) is -1.64. The highest BCUT2D eigenvalue weighted by Crippen LogP contribution is 2.24. The normalized spacial score (nSPS) is 21.8. The van der Waals surface area contributed by atoms with Crippen LogP contribution in [0.3, 0.4) is 0 Å². The van der Waals surface area contributed by atoms with Gasteiger partial charge < -0.3 is 19.6 Å². The SMILES string of the molecule is CCOC(=O)CN(CC)C(=O)N1CCC(C(=O)O)CC1C. The van der Waals surface area contributed by atoms with E-state index in [1.54, 1.807) is 18.7 Å². The molecule has 0 aromatic rings. The van der Waals surface area contributed by atoms with Crippen molar-refractivity contribution in [3.63, 3.8) is 0 Å². The van der Waals surface area contributed by atoms with Gasteiger partial charge in [-0.15, -0.1) is 0 Å². The molecule has 120 valence electrons. The van der Waals surface area contributed by atoms with E-state index < -0.39 is 17.9 Å². The number of ether oxygens (including phenoxy) is 1. The molecule has 2 atom stereocenters. The van der Waals surface area contributed by atoms with E-state index >= 15 is 0 Å². The minimum absolute atomic E-state index is 0.0747. The van der Waals surface area contributed by atoms with Crippen LogP contribution in [0.15, 0.2) is 0 Å². The summed E-state index contributed by atoms with van der Waals surface area (Å²) in [6.07, 6.45) is 0.889. The molecule has 0 aliphatic carbocycles. The molecule has 1 aliphatic rings. The van der Waals surface area contributed by atoms with Crippen LogP contribution >= 0.6 is 0 Å². The van der Waals surface area contributed by atoms with E-state index in [1.807, 2.05) is 6.92 Å². The number of hydrogen-bond donors (Lipinski definition) is 1. The number of esters is 1. The third-order valence-electron chi connectivity index (χ3n) is 3.75. The molecule has 0 aromatic heterocycles. The smallest absolute Gasteiger partial charge is 0.325 e. The highest BCUT2D eigenvalue weighted by atomic mass is 16.5. The lowest BCUT2D eigenvalue weighted by atomic mass is 9.92. The first-order valence-electron chi connectivity index (χ1n) is 7.34. The molecule has 2 unspecified atom stereocenters. The standard InChI is InChI=1S/C14H24N2O5/c1-4-15(9-12(17)21-5-2)14(20)16-7-6-11(13(18)19)8-10(16)3/h10-11H,4-9H2,1-3H3,(H,18,19). The summed E-state index contributed by atoms with van der Waals surface area (Å²) >= 11 is 0. The van der Waals surface area contributed by atoms with Crippen molar-refractivity contribution < 1.29 is 24.2 Å². The fourth-order valence-corrected chi connectivity index (χ4v) is 2.54. The van der Waals surface area contributed by atoms with Gasteiger partial charge in [0.2, 0.25) is 0 Å². The third kappa shape index (κ3) is 4.61. The summed E-state index contributed by atoms with van der Waals surface area (Å²) in [5, 5.41) is 9.04. The Balaban J connectivity index is 2.64. The van der Waals surface area contributed by atoms with Crippen molar-refractivity contribution >= 4 is 18.0 Å². The molecule has 0 aromatic carbocycles. The summed E-state index contributed by atoms with van der Waals surface area (Å²) < 4.78 is 4.86. The van der Waals surface area contributed by atoms with Crippen LogP contribution < -0.4 is 0 Å². The Morgan fingerprint density at radius 1 is 1.33 bits per heavy atom. The highest BCUT2D eigenvalue weighted by molar-refractivity contribution is 5.81. The number of rotatable bonds is 5. The number of likely N-dealkylation sites (tertiary alicyclic amines) is 1. The van der Waals surface area contributed by atoms with Crippen LogP contribution in [0.1, 0.15) is 33.6 Å². The summed E-state index contributed by atoms with van der Waals surface area (Å²) in [5.41, 5.74) is 0. The molecule has 7 nitrogen and oxygen atoms in total. The van der Waals surface area contributed by atoms with Gasteiger partial charge in [0.25, 0.3) is 0 Å². The molecule has 0 saturated carbocycles. The first-order valence-corrected chi connectivity index (χ1v) is 7.34. The van der Waals surface area contributed by atoms with Gasteiger partial charge in [-0.3, -0.25) is 9.59 Å². The van der Waals surface area contributed by atoms with Crippen molar-refractivity contribution in [2.45, 2.75) is 39.7 Å². The number of aliphatic carboxylic acids is 1. The molecule has 1 aliphatic heterocycles. The van der Waals surface area contributed by atoms with Crippen molar-refractivity contribution in [1.82, 2.24) is 9.80 Å². The van der Waals surface area contributed by atoms with Crippen LogP contribution in [-0.4, -0.2) is 65.2 Å². The van der Waals surface area contributed by atoms with Gasteiger partial charge in [0, 0.05) is 19.1 Å². The zero-order chi connectivity index (χ0) is 16.0. The topological polar surface area (TPSA) is 87.2 Å². The maximum Gasteiger partial charge on any atom is 0.325 e. The van der Waals surface area contributed by atoms with Crippen molar-refractivity contribution in [3.05, 3.63) is 0 Å². The lowest BCUT2D eigenvalue weighted by Gasteiger charge is -2.38. The minimum Gasteiger partial charge on any atom is -0.481 e. The molecule has 0 spiro atoms. The van der Waals surface area contributed by atoms with Gasteiger partial charge in [0.1, 0.15) is 6.54 Å². The van der Waals surface area contributed by atoms with Gasteiger partial charge in [-0.25, -0.2) is 4.79 Å². The fourth-order valence-electron chi connectivity index (χ4n) is 2.54. The van der Waals surface area contributed by atoms with Crippen molar-refractivity contribution in [2.75, 3.05) is 26.2 Å². The number of carboxylic acid groups (broad SMARTS) is 1. The summed E-state index contributed by atoms with van der Waals surface area (Å²) in [6.45, 7) is 6.37. The molecule has 0 bridgehead atoms. The number of likely N-dealkylation sites (N-methyl/N-ethyl adjacent to an activating group) is 1. The third-order valence-corrected chi connectivity index (χ3v) is 3.75. The molecule has 0 radical (unpaired) electrons. The zero-order valence-corrected chi connectivity index (χ0v) is 12.9. The molecule has 1 rings (SSSR count). The van der Waals surface area contributed by atoms with Gasteiger partial charge in [-0.05, 0) is 33.6 Å². The van der Waals surface area contributed by atoms with Crippen LogP contribution in [0.2, 0.25) is 0 Å². The van der Waals surface area contributed by atoms with Crippen LogP contribution in [0.4, 0.5) is 4.79 Å². The molecule has 7 heteroatoms. The number of carbonyl (C=O) groups is 3. The fraction of sp³-hybridized carbons (Fsp3) is 0.786. The van der Waals surface area contributed by atoms with Crippen molar-refractivity contribution in [2.24, 2.45) is 5.92 Å². The molecule has 2 amide bonds. The quantitative estimate of drug-likeness (QED) is 0.770. The first kappa shape index (κ1) is 17.3. The van der Waals surface area contributed by atoms with Gasteiger partial charge in [-0.2, -0.15) is 0 Å². The molecule has 1 fully saturated rings. The Morgan fingerprint density at radius 3 is 2.48 bits per heavy atom. The van der Waals surface area contributed by atoms with Crippen LogP contribution in [-0.2, 0) is 14.3 Å². The second kappa shape index (κ2) is 7.85. The van der Waals surface area contributed by atoms with Gasteiger partial charge in [0.15, 0.2) is 0 Å². The Hall–Kier alpha value is -1.79. The second-order valence-electron chi connectivity index (χ2n) is 5.20. The summed E-state index contributed by atoms with van der Waals surface area (Å²) in [6, 6.07) is -0.384. The van der Waals surface area contributed by atoms with Crippen molar-refractivity contribution in [1.29, 1.82) is 0 Å². The summed E-state index contributed by atoms with van der Waals surface area (Å²) in [7, 11) is 0. The molecule has 21 heavy (non-hydrogen) atoms. The Labute approximate surface area is 124 Å². The lowest BCUT2D eigenvalue weighted by molar-refractivity contribution is -0.144. The largest absolute Gasteiger partial charge is 0.481 e. The number of nitrogens with zero attached hydrogens (tertiary/aromatic N) is 2. The molecule has 1 N–H and O–H groups in total. The monoisotopic (exact) mass is 300 g/mol. The highest BCUT2D eigenvalue weighted by Gasteiger charge is 2.34. The van der Waals surface area contributed by atoms with E-state index in [1.165, 1.54) is 4.90 Å². The van der Waals surface area contributed by atoms with Crippen LogP contribution in [0, 0.1) is 5.92 Å². The number of carboxylic acids is 1. The maximum absolute atomic E-state index is 12.5. The average Bonchev–Trinajstić information content (AvgIpc) is 2.44. The molecular weight excluding hydrogens is 276 g/mol. The Kier molecular flexibility index (Phi) is 6.45. The Morgan fingerprint density at radius 2 is 2.00 bits per heavy atom. The second-order valence-corrected chi connectivity index (χ2v) is 5.20. The van der Waals surface area contributed by atoms with Gasteiger partial charge in [-0.1, -0.05) is 0 Å². The molecular formula is C14H24N2O5. The number of piperidine rings is 1. The van der Waals surface area contributed by atoms with Gasteiger partial charge in [0.05, 0.1) is 12.5 Å². The van der Waals surface area contributed by atoms with Crippen molar-refractivity contribution in [3.8, 4) is 0 Å². The zero-order valence-electron chi connectivity index (χ0n) is 12.9. The number of carbonyl (C=O) groups excluding carboxylic acids is 2. The number of urea groups is 1. The molecule has 1 saturated heterocycles. The number of amides is 2. The van der Waals surface area contributed by atoms with Gasteiger partial charge >= 0.3 is 18.0 Å². The van der Waals surface area contributed by atoms with E-state index in [4.69, 9.17) is 9.84 Å². The van der Waals surface area contributed by atoms with E-state index in [2.05, 4.69) is 0 Å². The van der Waals surface area contributed by atoms with Crippen LogP contribution in [0.5, 0.6) is 0 Å². The van der Waals surface area contributed by atoms with E-state index in [-0.39, 0.29) is 25.2 Å². The van der Waals surface area contributed by atoms with E-state index in [0.717, 1.165) is 0 Å². The summed E-state index contributed by atoms with van der Waals surface area (Å²) in [4.78, 5) is 38.0. The van der Waals surface area contributed by atoms with E-state index in [0.29, 0.717) is 25.9 Å². The molecule has 1 heterocycles. The minimum atomic E-state index is -0.812. The predicted molar refractivity (Wildman–Crippen MR) is 75.8 cm³/mol. The predicted octanol–water partition coefficient (Wildman–Crippen LogP) is 1.18. The Bertz CT molecular complexity index is 399.